The highest BCUT2D eigenvalue weighted by Gasteiger charge is 2.27. The monoisotopic (exact) mass is 282 g/mol. The molecule has 0 spiro atoms. The largest absolute Gasteiger partial charge is 0.371 e. The van der Waals surface area contributed by atoms with Crippen molar-refractivity contribution in [3.63, 3.8) is 0 Å². The summed E-state index contributed by atoms with van der Waals surface area (Å²) in [5, 5.41) is 6.25. The van der Waals surface area contributed by atoms with E-state index in [-0.39, 0.29) is 5.91 Å². The van der Waals surface area contributed by atoms with E-state index in [2.05, 4.69) is 10.6 Å². The van der Waals surface area contributed by atoms with Crippen molar-refractivity contribution >= 4 is 17.3 Å². The van der Waals surface area contributed by atoms with Crippen LogP contribution in [-0.4, -0.2) is 11.4 Å². The zero-order valence-electron chi connectivity index (χ0n) is 13.0. The summed E-state index contributed by atoms with van der Waals surface area (Å²) >= 11 is 0. The Morgan fingerprint density at radius 2 is 1.57 bits per heavy atom. The van der Waals surface area contributed by atoms with Crippen molar-refractivity contribution in [1.29, 1.82) is 0 Å². The molecule has 0 bridgehead atoms. The van der Waals surface area contributed by atoms with Crippen LogP contribution in [0.1, 0.15) is 25.0 Å². The molecular formula is C18H22N2O. The van der Waals surface area contributed by atoms with Gasteiger partial charge in [0, 0.05) is 11.4 Å². The van der Waals surface area contributed by atoms with Crippen LogP contribution in [0.4, 0.5) is 11.4 Å². The highest BCUT2D eigenvalue weighted by Crippen LogP contribution is 2.20. The molecule has 0 aliphatic rings. The SMILES string of the molecule is Cc1ccc(NC(=O)C(C)(C)Nc2ccccc2C)cc1. The Labute approximate surface area is 126 Å². The lowest BCUT2D eigenvalue weighted by Crippen LogP contribution is -2.44. The van der Waals surface area contributed by atoms with Crippen molar-refractivity contribution in [2.45, 2.75) is 33.2 Å². The smallest absolute Gasteiger partial charge is 0.249 e. The van der Waals surface area contributed by atoms with Crippen molar-refractivity contribution in [3.8, 4) is 0 Å². The molecule has 0 saturated carbocycles. The Hall–Kier alpha value is -2.29. The second kappa shape index (κ2) is 6.00. The number of hydrogen-bond donors (Lipinski definition) is 2. The van der Waals surface area contributed by atoms with Crippen molar-refractivity contribution in [2.75, 3.05) is 10.6 Å². The van der Waals surface area contributed by atoms with Gasteiger partial charge in [-0.2, -0.15) is 0 Å². The lowest BCUT2D eigenvalue weighted by atomic mass is 10.0. The number of hydrogen-bond acceptors (Lipinski definition) is 2. The summed E-state index contributed by atoms with van der Waals surface area (Å²) in [5.41, 5.74) is 3.38. The van der Waals surface area contributed by atoms with E-state index < -0.39 is 5.54 Å². The normalized spacial score (nSPS) is 11.0. The quantitative estimate of drug-likeness (QED) is 0.885. The molecule has 0 heterocycles. The summed E-state index contributed by atoms with van der Waals surface area (Å²) in [7, 11) is 0. The summed E-state index contributed by atoms with van der Waals surface area (Å²) in [5.74, 6) is -0.0605. The van der Waals surface area contributed by atoms with Gasteiger partial charge in [0.05, 0.1) is 0 Å². The highest BCUT2D eigenvalue weighted by atomic mass is 16.2. The molecule has 1 amide bonds. The van der Waals surface area contributed by atoms with Crippen LogP contribution < -0.4 is 10.6 Å². The molecule has 2 N–H and O–H groups in total. The van der Waals surface area contributed by atoms with Crippen LogP contribution in [0.2, 0.25) is 0 Å². The van der Waals surface area contributed by atoms with Crippen LogP contribution in [0, 0.1) is 13.8 Å². The molecule has 2 aromatic rings. The van der Waals surface area contributed by atoms with E-state index in [1.165, 1.54) is 5.56 Å². The third kappa shape index (κ3) is 3.85. The molecule has 0 atom stereocenters. The molecular weight excluding hydrogens is 260 g/mol. The van der Waals surface area contributed by atoms with E-state index in [0.717, 1.165) is 16.9 Å². The molecule has 2 aromatic carbocycles. The zero-order valence-corrected chi connectivity index (χ0v) is 13.0. The molecule has 0 radical (unpaired) electrons. The standard InChI is InChI=1S/C18H22N2O/c1-13-9-11-15(12-10-13)19-17(21)18(3,4)20-16-8-6-5-7-14(16)2/h5-12,20H,1-4H3,(H,19,21). The molecule has 110 valence electrons. The van der Waals surface area contributed by atoms with Gasteiger partial charge in [-0.25, -0.2) is 0 Å². The van der Waals surface area contributed by atoms with E-state index in [9.17, 15) is 4.79 Å². The average Bonchev–Trinajstić information content (AvgIpc) is 2.43. The topological polar surface area (TPSA) is 41.1 Å². The van der Waals surface area contributed by atoms with E-state index >= 15 is 0 Å². The molecule has 21 heavy (non-hydrogen) atoms. The first-order chi connectivity index (χ1) is 9.88. The van der Waals surface area contributed by atoms with E-state index in [1.54, 1.807) is 0 Å². The van der Waals surface area contributed by atoms with Crippen LogP contribution >= 0.6 is 0 Å². The maximum atomic E-state index is 12.5. The van der Waals surface area contributed by atoms with Crippen molar-refractivity contribution in [2.24, 2.45) is 0 Å². The van der Waals surface area contributed by atoms with E-state index in [0.29, 0.717) is 0 Å². The van der Waals surface area contributed by atoms with Gasteiger partial charge in [-0.3, -0.25) is 4.79 Å². The fourth-order valence-electron chi connectivity index (χ4n) is 2.03. The average molecular weight is 282 g/mol. The van der Waals surface area contributed by atoms with Crippen molar-refractivity contribution in [3.05, 3.63) is 59.7 Å². The van der Waals surface area contributed by atoms with E-state index in [1.807, 2.05) is 76.2 Å². The molecule has 0 aromatic heterocycles. The Morgan fingerprint density at radius 3 is 2.19 bits per heavy atom. The Kier molecular flexibility index (Phi) is 4.32. The van der Waals surface area contributed by atoms with Crippen LogP contribution in [0.15, 0.2) is 48.5 Å². The number of carbonyl (C=O) groups excluding carboxylic acids is 1. The Bertz CT molecular complexity index is 630. The number of para-hydroxylation sites is 1. The van der Waals surface area contributed by atoms with Gasteiger partial charge in [0.2, 0.25) is 5.91 Å². The first-order valence-corrected chi connectivity index (χ1v) is 7.10. The van der Waals surface area contributed by atoms with Crippen LogP contribution in [0.3, 0.4) is 0 Å². The molecule has 0 fully saturated rings. The number of rotatable bonds is 4. The zero-order chi connectivity index (χ0) is 15.5. The summed E-state index contributed by atoms with van der Waals surface area (Å²) < 4.78 is 0. The second-order valence-corrected chi connectivity index (χ2v) is 5.89. The van der Waals surface area contributed by atoms with Gasteiger partial charge in [0.1, 0.15) is 5.54 Å². The minimum Gasteiger partial charge on any atom is -0.371 e. The molecule has 0 aliphatic carbocycles. The van der Waals surface area contributed by atoms with Crippen LogP contribution in [-0.2, 0) is 4.79 Å². The minimum atomic E-state index is -0.697. The number of benzene rings is 2. The third-order valence-electron chi connectivity index (χ3n) is 3.47. The second-order valence-electron chi connectivity index (χ2n) is 5.89. The van der Waals surface area contributed by atoms with Gasteiger partial charge < -0.3 is 10.6 Å². The van der Waals surface area contributed by atoms with Gasteiger partial charge in [-0.1, -0.05) is 35.9 Å². The number of carbonyl (C=O) groups is 1. The van der Waals surface area contributed by atoms with Gasteiger partial charge in [-0.05, 0) is 51.5 Å². The van der Waals surface area contributed by atoms with Gasteiger partial charge in [0.15, 0.2) is 0 Å². The number of aryl methyl sites for hydroxylation is 2. The fraction of sp³-hybridized carbons (Fsp3) is 0.278. The van der Waals surface area contributed by atoms with Crippen molar-refractivity contribution < 1.29 is 4.79 Å². The maximum absolute atomic E-state index is 12.5. The third-order valence-corrected chi connectivity index (χ3v) is 3.47. The summed E-state index contributed by atoms with van der Waals surface area (Å²) in [6, 6.07) is 15.7. The first kappa shape index (κ1) is 15.1. The molecule has 2 rings (SSSR count). The number of anilines is 2. The first-order valence-electron chi connectivity index (χ1n) is 7.10. The number of amides is 1. The summed E-state index contributed by atoms with van der Waals surface area (Å²) in [6.45, 7) is 7.80. The molecule has 0 unspecified atom stereocenters. The van der Waals surface area contributed by atoms with Crippen LogP contribution in [0.5, 0.6) is 0 Å². The summed E-state index contributed by atoms with van der Waals surface area (Å²) in [4.78, 5) is 12.5. The van der Waals surface area contributed by atoms with Gasteiger partial charge in [-0.15, -0.1) is 0 Å². The predicted molar refractivity (Wildman–Crippen MR) is 88.7 cm³/mol. The van der Waals surface area contributed by atoms with Gasteiger partial charge in [0.25, 0.3) is 0 Å². The number of nitrogens with one attached hydrogen (secondary N) is 2. The molecule has 3 nitrogen and oxygen atoms in total. The molecule has 0 saturated heterocycles. The summed E-state index contributed by atoms with van der Waals surface area (Å²) in [6.07, 6.45) is 0. The van der Waals surface area contributed by atoms with Crippen molar-refractivity contribution in [1.82, 2.24) is 0 Å². The maximum Gasteiger partial charge on any atom is 0.249 e. The minimum absolute atomic E-state index is 0.0605. The van der Waals surface area contributed by atoms with E-state index in [4.69, 9.17) is 0 Å². The fourth-order valence-corrected chi connectivity index (χ4v) is 2.03. The Morgan fingerprint density at radius 1 is 0.952 bits per heavy atom. The molecule has 0 aliphatic heterocycles. The molecule has 3 heteroatoms. The van der Waals surface area contributed by atoms with Gasteiger partial charge >= 0.3 is 0 Å². The predicted octanol–water partition coefficient (Wildman–Crippen LogP) is 4.13. The van der Waals surface area contributed by atoms with Crippen LogP contribution in [0.25, 0.3) is 0 Å². The lowest BCUT2D eigenvalue weighted by Gasteiger charge is -2.27. The Balaban J connectivity index is 2.10. The highest BCUT2D eigenvalue weighted by molar-refractivity contribution is 5.99. The lowest BCUT2D eigenvalue weighted by molar-refractivity contribution is -0.119.